The van der Waals surface area contributed by atoms with Crippen LogP contribution in [0.25, 0.3) is 0 Å². The van der Waals surface area contributed by atoms with Gasteiger partial charge in [-0.05, 0) is 31.7 Å². The summed E-state index contributed by atoms with van der Waals surface area (Å²) in [4.78, 5) is 0. The molecule has 0 aliphatic heterocycles. The molecule has 3 unspecified atom stereocenters. The fraction of sp³-hybridized carbons (Fsp3) is 0.833. The topological polar surface area (TPSA) is 38.0 Å². The van der Waals surface area contributed by atoms with E-state index in [-0.39, 0.29) is 6.04 Å². The molecule has 0 aromatic carbocycles. The third kappa shape index (κ3) is 3.01. The van der Waals surface area contributed by atoms with E-state index >= 15 is 0 Å². The van der Waals surface area contributed by atoms with Crippen molar-refractivity contribution in [1.82, 2.24) is 5.32 Å². The van der Waals surface area contributed by atoms with Crippen LogP contribution in [-0.4, -0.2) is 18.6 Å². The smallest absolute Gasteiger partial charge is 0.0689 e. The molecule has 0 spiro atoms. The van der Waals surface area contributed by atoms with Gasteiger partial charge in [0.2, 0.25) is 0 Å². The van der Waals surface area contributed by atoms with Crippen LogP contribution in [0.2, 0.25) is 0 Å². The first kappa shape index (κ1) is 11.6. The number of hydrogen-bond donors (Lipinski definition) is 2. The van der Waals surface area contributed by atoms with E-state index in [1.54, 1.807) is 0 Å². The Hall–Kier alpha value is -0.520. The van der Waals surface area contributed by atoms with E-state index in [1.165, 1.54) is 19.3 Å². The monoisotopic (exact) mass is 194 g/mol. The first-order valence-corrected chi connectivity index (χ1v) is 5.74. The van der Waals surface area contributed by atoms with Crippen molar-refractivity contribution < 1.29 is 0 Å². The second-order valence-corrected chi connectivity index (χ2v) is 4.21. The Kier molecular flexibility index (Phi) is 5.00. The summed E-state index contributed by atoms with van der Waals surface area (Å²) in [5.74, 6) is 3.46. The quantitative estimate of drug-likeness (QED) is 0.651. The van der Waals surface area contributed by atoms with Crippen molar-refractivity contribution in [2.45, 2.75) is 51.1 Å². The Morgan fingerprint density at radius 2 is 2.36 bits per heavy atom. The van der Waals surface area contributed by atoms with Crippen molar-refractivity contribution in [3.05, 3.63) is 0 Å². The van der Waals surface area contributed by atoms with Gasteiger partial charge in [0.1, 0.15) is 0 Å². The number of hydrogen-bond acceptors (Lipinski definition) is 2. The zero-order valence-electron chi connectivity index (χ0n) is 9.13. The molecule has 0 heterocycles. The fourth-order valence-corrected chi connectivity index (χ4v) is 2.30. The first-order chi connectivity index (χ1) is 6.81. The van der Waals surface area contributed by atoms with Crippen LogP contribution in [0.3, 0.4) is 0 Å². The average Bonchev–Trinajstić information content (AvgIpc) is 2.64. The minimum absolute atomic E-state index is 0.247. The fourth-order valence-electron chi connectivity index (χ4n) is 2.30. The molecule has 0 aromatic rings. The second kappa shape index (κ2) is 6.06. The summed E-state index contributed by atoms with van der Waals surface area (Å²) in [7, 11) is 0. The summed E-state index contributed by atoms with van der Waals surface area (Å²) in [6.07, 6.45) is 11.5. The molecular formula is C12H22N2. The molecule has 1 rings (SSSR count). The van der Waals surface area contributed by atoms with Crippen LogP contribution in [0.4, 0.5) is 0 Å². The van der Waals surface area contributed by atoms with Crippen LogP contribution in [0.1, 0.15) is 39.0 Å². The summed E-state index contributed by atoms with van der Waals surface area (Å²) in [5.41, 5.74) is 5.72. The van der Waals surface area contributed by atoms with Crippen LogP contribution >= 0.6 is 0 Å². The van der Waals surface area contributed by atoms with E-state index in [0.717, 1.165) is 19.4 Å². The molecule has 3 N–H and O–H groups in total. The Balaban J connectivity index is 2.37. The minimum atomic E-state index is 0.247. The second-order valence-electron chi connectivity index (χ2n) is 4.21. The van der Waals surface area contributed by atoms with Crippen molar-refractivity contribution in [3.8, 4) is 12.3 Å². The van der Waals surface area contributed by atoms with Crippen molar-refractivity contribution >= 4 is 0 Å². The molecule has 1 aliphatic rings. The SMILES string of the molecule is C#CC(CCC)NC1CCCC1CN. The Morgan fingerprint density at radius 1 is 1.57 bits per heavy atom. The molecule has 2 nitrogen and oxygen atoms in total. The van der Waals surface area contributed by atoms with E-state index in [0.29, 0.717) is 12.0 Å². The number of terminal acetylenes is 1. The van der Waals surface area contributed by atoms with E-state index in [4.69, 9.17) is 12.2 Å². The third-order valence-corrected chi connectivity index (χ3v) is 3.16. The van der Waals surface area contributed by atoms with Gasteiger partial charge in [-0.25, -0.2) is 0 Å². The standard InChI is InChI=1S/C12H22N2/c1-3-6-11(4-2)14-12-8-5-7-10(12)9-13/h2,10-12,14H,3,5-9,13H2,1H3. The van der Waals surface area contributed by atoms with Gasteiger partial charge in [0.05, 0.1) is 6.04 Å². The predicted octanol–water partition coefficient (Wildman–Crippen LogP) is 1.51. The number of rotatable bonds is 5. The number of nitrogens with one attached hydrogen (secondary N) is 1. The Bertz CT molecular complexity index is 195. The molecule has 1 aliphatic carbocycles. The van der Waals surface area contributed by atoms with E-state index in [9.17, 15) is 0 Å². The lowest BCUT2D eigenvalue weighted by molar-refractivity contribution is 0.379. The van der Waals surface area contributed by atoms with Gasteiger partial charge < -0.3 is 11.1 Å². The van der Waals surface area contributed by atoms with Gasteiger partial charge in [-0.3, -0.25) is 0 Å². The van der Waals surface area contributed by atoms with Crippen molar-refractivity contribution in [2.24, 2.45) is 11.7 Å². The third-order valence-electron chi connectivity index (χ3n) is 3.16. The van der Waals surface area contributed by atoms with Crippen molar-refractivity contribution in [3.63, 3.8) is 0 Å². The first-order valence-electron chi connectivity index (χ1n) is 5.74. The Morgan fingerprint density at radius 3 is 2.93 bits per heavy atom. The van der Waals surface area contributed by atoms with Gasteiger partial charge in [-0.1, -0.05) is 25.7 Å². The van der Waals surface area contributed by atoms with Crippen LogP contribution < -0.4 is 11.1 Å². The van der Waals surface area contributed by atoms with E-state index < -0.39 is 0 Å². The molecule has 14 heavy (non-hydrogen) atoms. The van der Waals surface area contributed by atoms with Crippen LogP contribution in [-0.2, 0) is 0 Å². The molecular weight excluding hydrogens is 172 g/mol. The molecule has 2 heteroatoms. The lowest BCUT2D eigenvalue weighted by Crippen LogP contribution is -2.41. The molecule has 3 atom stereocenters. The summed E-state index contributed by atoms with van der Waals surface area (Å²) in [6.45, 7) is 2.96. The summed E-state index contributed by atoms with van der Waals surface area (Å²) >= 11 is 0. The normalized spacial score (nSPS) is 28.6. The highest BCUT2D eigenvalue weighted by atomic mass is 15.0. The van der Waals surface area contributed by atoms with Gasteiger partial charge in [0.15, 0.2) is 0 Å². The summed E-state index contributed by atoms with van der Waals surface area (Å²) in [6, 6.07) is 0.810. The zero-order valence-corrected chi connectivity index (χ0v) is 9.13. The highest BCUT2D eigenvalue weighted by Gasteiger charge is 2.26. The van der Waals surface area contributed by atoms with Crippen LogP contribution in [0, 0.1) is 18.3 Å². The molecule has 1 saturated carbocycles. The van der Waals surface area contributed by atoms with Gasteiger partial charge in [0, 0.05) is 6.04 Å². The molecule has 0 aromatic heterocycles. The van der Waals surface area contributed by atoms with Gasteiger partial charge in [-0.15, -0.1) is 6.42 Å². The predicted molar refractivity (Wildman–Crippen MR) is 60.8 cm³/mol. The van der Waals surface area contributed by atoms with Crippen LogP contribution in [0.15, 0.2) is 0 Å². The summed E-state index contributed by atoms with van der Waals surface area (Å²) < 4.78 is 0. The molecule has 0 amide bonds. The van der Waals surface area contributed by atoms with Crippen LogP contribution in [0.5, 0.6) is 0 Å². The average molecular weight is 194 g/mol. The lowest BCUT2D eigenvalue weighted by Gasteiger charge is -2.23. The molecule has 0 bridgehead atoms. The highest BCUT2D eigenvalue weighted by molar-refractivity contribution is 5.01. The van der Waals surface area contributed by atoms with Crippen molar-refractivity contribution in [2.75, 3.05) is 6.54 Å². The van der Waals surface area contributed by atoms with E-state index in [1.807, 2.05) is 0 Å². The van der Waals surface area contributed by atoms with Gasteiger partial charge in [0.25, 0.3) is 0 Å². The molecule has 0 saturated heterocycles. The van der Waals surface area contributed by atoms with Crippen molar-refractivity contribution in [1.29, 1.82) is 0 Å². The maximum Gasteiger partial charge on any atom is 0.0689 e. The Labute approximate surface area is 87.6 Å². The maximum absolute atomic E-state index is 5.72. The molecule has 1 fully saturated rings. The number of nitrogens with two attached hydrogens (primary N) is 1. The summed E-state index contributed by atoms with van der Waals surface area (Å²) in [5, 5.41) is 3.55. The zero-order chi connectivity index (χ0) is 10.4. The van der Waals surface area contributed by atoms with Gasteiger partial charge >= 0.3 is 0 Å². The molecule has 80 valence electrons. The maximum atomic E-state index is 5.72. The molecule has 0 radical (unpaired) electrons. The van der Waals surface area contributed by atoms with E-state index in [2.05, 4.69) is 18.2 Å². The lowest BCUT2D eigenvalue weighted by atomic mass is 10.0. The minimum Gasteiger partial charge on any atom is -0.330 e. The largest absolute Gasteiger partial charge is 0.330 e. The van der Waals surface area contributed by atoms with Gasteiger partial charge in [-0.2, -0.15) is 0 Å². The highest BCUT2D eigenvalue weighted by Crippen LogP contribution is 2.25.